The van der Waals surface area contributed by atoms with Crippen LogP contribution in [0.25, 0.3) is 0 Å². The van der Waals surface area contributed by atoms with Crippen molar-refractivity contribution in [3.05, 3.63) is 108 Å². The second kappa shape index (κ2) is 15.7. The van der Waals surface area contributed by atoms with E-state index >= 15 is 0 Å². The van der Waals surface area contributed by atoms with Crippen LogP contribution in [0.15, 0.2) is 91.0 Å². The van der Waals surface area contributed by atoms with Crippen molar-refractivity contribution >= 4 is 23.7 Å². The number of carboxylic acids is 1. The molecule has 2 atom stereocenters. The second-order valence-electron chi connectivity index (χ2n) is 12.5. The van der Waals surface area contributed by atoms with Crippen LogP contribution < -0.4 is 5.32 Å². The van der Waals surface area contributed by atoms with E-state index in [1.54, 1.807) is 9.80 Å². The van der Waals surface area contributed by atoms with Crippen molar-refractivity contribution in [3.8, 4) is 0 Å². The summed E-state index contributed by atoms with van der Waals surface area (Å²) in [5.74, 6) is -2.81. The third kappa shape index (κ3) is 7.96. The van der Waals surface area contributed by atoms with Gasteiger partial charge in [0.1, 0.15) is 12.1 Å². The fourth-order valence-corrected chi connectivity index (χ4v) is 7.20. The predicted molar refractivity (Wildman–Crippen MR) is 176 cm³/mol. The maximum Gasteiger partial charge on any atom is 0.490 e. The van der Waals surface area contributed by atoms with E-state index in [9.17, 15) is 27.6 Å². The number of nitrogens with zero attached hydrogens (tertiary/aromatic N) is 3. The van der Waals surface area contributed by atoms with Crippen molar-refractivity contribution < 1.29 is 37.5 Å². The number of piperazine rings is 1. The van der Waals surface area contributed by atoms with Crippen molar-refractivity contribution in [1.29, 1.82) is 0 Å². The van der Waals surface area contributed by atoms with Gasteiger partial charge in [-0.05, 0) is 42.4 Å². The monoisotopic (exact) mass is 678 g/mol. The Balaban J connectivity index is 0.000000606. The molecule has 0 saturated carbocycles. The number of hydrogen-bond donors (Lipinski definition) is 2. The number of benzene rings is 3. The van der Waals surface area contributed by atoms with E-state index in [-0.39, 0.29) is 24.1 Å². The average molecular weight is 679 g/mol. The maximum atomic E-state index is 14.4. The summed E-state index contributed by atoms with van der Waals surface area (Å²) in [4.78, 5) is 56.3. The minimum absolute atomic E-state index is 0.0356. The van der Waals surface area contributed by atoms with E-state index < -0.39 is 29.6 Å². The number of carboxylic acid groups (broad SMARTS) is 1. The minimum Gasteiger partial charge on any atom is -0.475 e. The lowest BCUT2D eigenvalue weighted by Crippen LogP contribution is -2.56. The van der Waals surface area contributed by atoms with Crippen LogP contribution in [-0.4, -0.2) is 101 Å². The summed E-state index contributed by atoms with van der Waals surface area (Å²) >= 11 is 0. The number of rotatable bonds is 7. The van der Waals surface area contributed by atoms with Crippen LogP contribution in [0.1, 0.15) is 48.8 Å². The van der Waals surface area contributed by atoms with Crippen LogP contribution in [0.4, 0.5) is 13.2 Å². The fourth-order valence-electron chi connectivity index (χ4n) is 7.20. The molecule has 3 amide bonds. The molecule has 2 N–H and O–H groups in total. The summed E-state index contributed by atoms with van der Waals surface area (Å²) < 4.78 is 31.7. The smallest absolute Gasteiger partial charge is 0.475 e. The Morgan fingerprint density at radius 3 is 1.49 bits per heavy atom. The number of aliphatic carboxylic acids is 1. The standard InChI is InChI=1S/C35H40N4O3.C2HF3O2/c40-32(26-35(27-12-4-1-5-13-27,28-14-6-2-7-15-28)29-16-8-3-9-17-29)38-22-10-19-31(38)34(42)39-23-11-18-30(39)33(41)37-24-20-36-21-25-37;3-2(4,5)1(6)7/h1-9,12-17,30-31,36H,10-11,18-26H2;(H,6,7)/t30-,31+;/m1./s1. The van der Waals surface area contributed by atoms with Crippen LogP contribution in [0, 0.1) is 0 Å². The van der Waals surface area contributed by atoms with E-state index in [1.807, 2.05) is 59.5 Å². The van der Waals surface area contributed by atoms with Gasteiger partial charge in [-0.15, -0.1) is 0 Å². The first-order valence-electron chi connectivity index (χ1n) is 16.6. The second-order valence-corrected chi connectivity index (χ2v) is 12.5. The van der Waals surface area contributed by atoms with Crippen molar-refractivity contribution in [2.24, 2.45) is 0 Å². The lowest BCUT2D eigenvalue weighted by atomic mass is 9.67. The molecule has 0 aliphatic carbocycles. The van der Waals surface area contributed by atoms with Gasteiger partial charge in [-0.3, -0.25) is 14.4 Å². The van der Waals surface area contributed by atoms with Gasteiger partial charge in [-0.2, -0.15) is 13.2 Å². The van der Waals surface area contributed by atoms with E-state index in [4.69, 9.17) is 9.90 Å². The number of hydrogen-bond acceptors (Lipinski definition) is 5. The molecule has 49 heavy (non-hydrogen) atoms. The van der Waals surface area contributed by atoms with Gasteiger partial charge in [-0.1, -0.05) is 91.0 Å². The van der Waals surface area contributed by atoms with Gasteiger partial charge >= 0.3 is 12.1 Å². The third-order valence-corrected chi connectivity index (χ3v) is 9.57. The Bertz CT molecular complexity index is 1490. The normalized spacial score (nSPS) is 19.6. The van der Waals surface area contributed by atoms with E-state index in [0.29, 0.717) is 39.0 Å². The third-order valence-electron chi connectivity index (χ3n) is 9.57. The molecular formula is C37H41F3N4O5. The zero-order valence-electron chi connectivity index (χ0n) is 27.1. The minimum atomic E-state index is -5.08. The number of halogens is 3. The molecule has 3 aliphatic heterocycles. The Labute approximate surface area is 283 Å². The van der Waals surface area contributed by atoms with E-state index in [1.165, 1.54) is 0 Å². The molecular weight excluding hydrogens is 637 g/mol. The average Bonchev–Trinajstić information content (AvgIpc) is 3.83. The molecule has 0 spiro atoms. The Hall–Kier alpha value is -4.71. The van der Waals surface area contributed by atoms with E-state index in [2.05, 4.69) is 41.7 Å². The molecule has 0 unspecified atom stereocenters. The molecule has 3 saturated heterocycles. The summed E-state index contributed by atoms with van der Waals surface area (Å²) in [6.45, 7) is 4.03. The van der Waals surface area contributed by atoms with Gasteiger partial charge in [0.15, 0.2) is 0 Å². The van der Waals surface area contributed by atoms with Crippen molar-refractivity contribution in [2.75, 3.05) is 39.3 Å². The molecule has 260 valence electrons. The molecule has 0 radical (unpaired) electrons. The first kappa shape index (κ1) is 35.6. The van der Waals surface area contributed by atoms with Crippen molar-refractivity contribution in [2.45, 2.75) is 55.8 Å². The zero-order chi connectivity index (χ0) is 35.0. The van der Waals surface area contributed by atoms with Crippen LogP contribution in [0.5, 0.6) is 0 Å². The highest BCUT2D eigenvalue weighted by Crippen LogP contribution is 2.43. The van der Waals surface area contributed by atoms with Crippen LogP contribution in [0.2, 0.25) is 0 Å². The molecule has 3 aromatic carbocycles. The van der Waals surface area contributed by atoms with Gasteiger partial charge in [0, 0.05) is 45.7 Å². The molecule has 12 heteroatoms. The maximum absolute atomic E-state index is 14.4. The summed E-state index contributed by atoms with van der Waals surface area (Å²) in [6, 6.07) is 29.7. The number of carbonyl (C=O) groups is 4. The number of amides is 3. The Morgan fingerprint density at radius 1 is 0.653 bits per heavy atom. The quantitative estimate of drug-likeness (QED) is 0.358. The van der Waals surface area contributed by atoms with E-state index in [0.717, 1.165) is 42.6 Å². The highest BCUT2D eigenvalue weighted by molar-refractivity contribution is 5.93. The summed E-state index contributed by atoms with van der Waals surface area (Å²) in [5, 5.41) is 10.4. The summed E-state index contributed by atoms with van der Waals surface area (Å²) in [5.41, 5.74) is 2.41. The van der Waals surface area contributed by atoms with Crippen LogP contribution in [0.3, 0.4) is 0 Å². The first-order chi connectivity index (χ1) is 23.5. The van der Waals surface area contributed by atoms with Crippen LogP contribution >= 0.6 is 0 Å². The van der Waals surface area contributed by atoms with Crippen molar-refractivity contribution in [1.82, 2.24) is 20.0 Å². The topological polar surface area (TPSA) is 110 Å². The van der Waals surface area contributed by atoms with Gasteiger partial charge in [0.05, 0.1) is 5.41 Å². The first-order valence-corrected chi connectivity index (χ1v) is 16.6. The van der Waals surface area contributed by atoms with Crippen LogP contribution in [-0.2, 0) is 24.6 Å². The molecule has 3 heterocycles. The number of likely N-dealkylation sites (tertiary alicyclic amines) is 2. The lowest BCUT2D eigenvalue weighted by Gasteiger charge is -2.38. The molecule has 3 fully saturated rings. The van der Waals surface area contributed by atoms with Gasteiger partial charge in [0.25, 0.3) is 0 Å². The number of carbonyl (C=O) groups excluding carboxylic acids is 3. The highest BCUT2D eigenvalue weighted by Gasteiger charge is 2.46. The van der Waals surface area contributed by atoms with Gasteiger partial charge in [0.2, 0.25) is 17.7 Å². The number of nitrogens with one attached hydrogen (secondary N) is 1. The Morgan fingerprint density at radius 2 is 1.06 bits per heavy atom. The zero-order valence-corrected chi connectivity index (χ0v) is 27.1. The Kier molecular flexibility index (Phi) is 11.4. The molecule has 6 rings (SSSR count). The van der Waals surface area contributed by atoms with Gasteiger partial charge < -0.3 is 25.1 Å². The molecule has 0 aromatic heterocycles. The summed E-state index contributed by atoms with van der Waals surface area (Å²) in [7, 11) is 0. The van der Waals surface area contributed by atoms with Gasteiger partial charge in [-0.25, -0.2) is 4.79 Å². The lowest BCUT2D eigenvalue weighted by molar-refractivity contribution is -0.192. The molecule has 9 nitrogen and oxygen atoms in total. The largest absolute Gasteiger partial charge is 0.490 e. The molecule has 3 aromatic rings. The molecule has 0 bridgehead atoms. The molecule has 3 aliphatic rings. The SMILES string of the molecule is O=C(O)C(F)(F)F.O=C([C@H]1CCCN1C(=O)[C@@H]1CCCN1C(=O)CC(c1ccccc1)(c1ccccc1)c1ccccc1)N1CCNCC1. The number of alkyl halides is 3. The fraction of sp³-hybridized carbons (Fsp3) is 0.405. The van der Waals surface area contributed by atoms with Crippen molar-refractivity contribution in [3.63, 3.8) is 0 Å². The predicted octanol–water partition coefficient (Wildman–Crippen LogP) is 4.46. The summed E-state index contributed by atoms with van der Waals surface area (Å²) in [6.07, 6.45) is -1.97. The highest BCUT2D eigenvalue weighted by atomic mass is 19.4.